The van der Waals surface area contributed by atoms with Gasteiger partial charge in [0.2, 0.25) is 0 Å². The molecule has 6 heteroatoms. The molecular weight excluding hydrogens is 226 g/mol. The third-order valence-electron chi connectivity index (χ3n) is 2.02. The Bertz CT molecular complexity index is 431. The third-order valence-corrected chi connectivity index (χ3v) is 3.10. The molecule has 1 aromatic rings. The minimum Gasteiger partial charge on any atom is -0.326 e. The van der Waals surface area contributed by atoms with E-state index in [0.29, 0.717) is 18.8 Å². The minimum atomic E-state index is -3.48. The maximum Gasteiger partial charge on any atom is 0.299 e. The Morgan fingerprint density at radius 2 is 2.00 bits per heavy atom. The molecular formula is C10H17N3O2S. The highest BCUT2D eigenvalue weighted by Crippen LogP contribution is 2.14. The van der Waals surface area contributed by atoms with Crippen LogP contribution in [0.3, 0.4) is 0 Å². The van der Waals surface area contributed by atoms with E-state index in [4.69, 9.17) is 5.73 Å². The number of benzene rings is 1. The van der Waals surface area contributed by atoms with Gasteiger partial charge in [0, 0.05) is 13.1 Å². The maximum atomic E-state index is 11.6. The zero-order valence-corrected chi connectivity index (χ0v) is 10.0. The van der Waals surface area contributed by atoms with Crippen LogP contribution in [0.1, 0.15) is 18.9 Å². The summed E-state index contributed by atoms with van der Waals surface area (Å²) in [7, 11) is -3.48. The number of hydrogen-bond acceptors (Lipinski definition) is 3. The van der Waals surface area contributed by atoms with Gasteiger partial charge in [-0.1, -0.05) is 25.1 Å². The Hall–Kier alpha value is -1.11. The molecule has 0 aliphatic rings. The van der Waals surface area contributed by atoms with Crippen LogP contribution < -0.4 is 15.2 Å². The largest absolute Gasteiger partial charge is 0.326 e. The van der Waals surface area contributed by atoms with Crippen molar-refractivity contribution < 1.29 is 8.42 Å². The molecule has 0 aliphatic heterocycles. The summed E-state index contributed by atoms with van der Waals surface area (Å²) in [5.41, 5.74) is 6.80. The number of nitrogens with two attached hydrogens (primary N) is 1. The molecule has 1 rings (SSSR count). The average Bonchev–Trinajstić information content (AvgIpc) is 2.27. The fourth-order valence-electron chi connectivity index (χ4n) is 1.22. The monoisotopic (exact) mass is 243 g/mol. The van der Waals surface area contributed by atoms with Crippen LogP contribution in [0, 0.1) is 0 Å². The molecule has 0 spiro atoms. The molecule has 16 heavy (non-hydrogen) atoms. The van der Waals surface area contributed by atoms with Crippen LogP contribution in [0.5, 0.6) is 0 Å². The molecule has 0 amide bonds. The molecule has 0 unspecified atom stereocenters. The lowest BCUT2D eigenvalue weighted by molar-refractivity contribution is 0.586. The highest BCUT2D eigenvalue weighted by atomic mass is 32.2. The molecule has 0 atom stereocenters. The van der Waals surface area contributed by atoms with Crippen LogP contribution in [-0.4, -0.2) is 15.0 Å². The summed E-state index contributed by atoms with van der Waals surface area (Å²) in [6.45, 7) is 2.61. The first-order valence-corrected chi connectivity index (χ1v) is 6.62. The molecule has 0 bridgehead atoms. The van der Waals surface area contributed by atoms with Crippen molar-refractivity contribution in [2.75, 3.05) is 11.3 Å². The molecule has 0 heterocycles. The Labute approximate surface area is 96.2 Å². The van der Waals surface area contributed by atoms with Crippen LogP contribution in [0.4, 0.5) is 5.69 Å². The highest BCUT2D eigenvalue weighted by molar-refractivity contribution is 7.90. The van der Waals surface area contributed by atoms with Crippen LogP contribution in [-0.2, 0) is 16.8 Å². The normalized spacial score (nSPS) is 11.4. The molecule has 4 N–H and O–H groups in total. The number of rotatable bonds is 6. The molecule has 1 aromatic carbocycles. The number of para-hydroxylation sites is 1. The molecule has 0 radical (unpaired) electrons. The van der Waals surface area contributed by atoms with Crippen molar-refractivity contribution in [3.8, 4) is 0 Å². The topological polar surface area (TPSA) is 84.2 Å². The van der Waals surface area contributed by atoms with Crippen molar-refractivity contribution in [2.45, 2.75) is 19.9 Å². The molecule has 0 saturated carbocycles. The lowest BCUT2D eigenvalue weighted by Gasteiger charge is -2.11. The standard InChI is InChI=1S/C10H17N3O2S/c1-2-7-12-16(14,15)13-10-6-4-3-5-9(10)8-11/h3-6,12-13H,2,7-8,11H2,1H3. The lowest BCUT2D eigenvalue weighted by Crippen LogP contribution is -2.31. The second-order valence-corrected chi connectivity index (χ2v) is 4.86. The van der Waals surface area contributed by atoms with Crippen molar-refractivity contribution in [3.63, 3.8) is 0 Å². The zero-order chi connectivity index (χ0) is 12.0. The Balaban J connectivity index is 2.79. The summed E-state index contributed by atoms with van der Waals surface area (Å²) in [6, 6.07) is 7.06. The van der Waals surface area contributed by atoms with E-state index in [1.807, 2.05) is 13.0 Å². The second kappa shape index (κ2) is 5.83. The predicted octanol–water partition coefficient (Wildman–Crippen LogP) is 0.802. The van der Waals surface area contributed by atoms with Crippen molar-refractivity contribution in [3.05, 3.63) is 29.8 Å². The third kappa shape index (κ3) is 3.80. The number of anilines is 1. The van der Waals surface area contributed by atoms with Crippen LogP contribution in [0.25, 0.3) is 0 Å². The summed E-state index contributed by atoms with van der Waals surface area (Å²) in [6.07, 6.45) is 0.749. The summed E-state index contributed by atoms with van der Waals surface area (Å²) in [5, 5.41) is 0. The summed E-state index contributed by atoms with van der Waals surface area (Å²) < 4.78 is 28.0. The van der Waals surface area contributed by atoms with Crippen molar-refractivity contribution in [1.82, 2.24) is 4.72 Å². The lowest BCUT2D eigenvalue weighted by atomic mass is 10.2. The second-order valence-electron chi connectivity index (χ2n) is 3.36. The summed E-state index contributed by atoms with van der Waals surface area (Å²) in [5.74, 6) is 0. The first-order chi connectivity index (χ1) is 7.59. The molecule has 0 aromatic heterocycles. The Morgan fingerprint density at radius 3 is 2.62 bits per heavy atom. The molecule has 0 saturated heterocycles. The number of nitrogens with one attached hydrogen (secondary N) is 2. The molecule has 0 fully saturated rings. The van der Waals surface area contributed by atoms with E-state index in [0.717, 1.165) is 12.0 Å². The van der Waals surface area contributed by atoms with E-state index < -0.39 is 10.2 Å². The Morgan fingerprint density at radius 1 is 1.31 bits per heavy atom. The van der Waals surface area contributed by atoms with Gasteiger partial charge in [0.05, 0.1) is 5.69 Å². The van der Waals surface area contributed by atoms with E-state index in [1.165, 1.54) is 0 Å². The fourth-order valence-corrected chi connectivity index (χ4v) is 2.25. The van der Waals surface area contributed by atoms with Gasteiger partial charge in [0.25, 0.3) is 10.2 Å². The van der Waals surface area contributed by atoms with Crippen LogP contribution in [0.2, 0.25) is 0 Å². The average molecular weight is 243 g/mol. The van der Waals surface area contributed by atoms with Gasteiger partial charge in [-0.3, -0.25) is 4.72 Å². The van der Waals surface area contributed by atoms with E-state index >= 15 is 0 Å². The fraction of sp³-hybridized carbons (Fsp3) is 0.400. The smallest absolute Gasteiger partial charge is 0.299 e. The Kier molecular flexibility index (Phi) is 4.72. The van der Waals surface area contributed by atoms with Crippen molar-refractivity contribution in [1.29, 1.82) is 0 Å². The molecule has 90 valence electrons. The molecule has 0 aliphatic carbocycles. The maximum absolute atomic E-state index is 11.6. The van der Waals surface area contributed by atoms with Crippen LogP contribution >= 0.6 is 0 Å². The van der Waals surface area contributed by atoms with Crippen LogP contribution in [0.15, 0.2) is 24.3 Å². The van der Waals surface area contributed by atoms with Crippen molar-refractivity contribution in [2.24, 2.45) is 5.73 Å². The SMILES string of the molecule is CCCNS(=O)(=O)Nc1ccccc1CN. The molecule has 5 nitrogen and oxygen atoms in total. The van der Waals surface area contributed by atoms with Gasteiger partial charge in [-0.15, -0.1) is 0 Å². The van der Waals surface area contributed by atoms with E-state index in [1.54, 1.807) is 18.2 Å². The first-order valence-electron chi connectivity index (χ1n) is 5.14. The summed E-state index contributed by atoms with van der Waals surface area (Å²) in [4.78, 5) is 0. The van der Waals surface area contributed by atoms with E-state index in [-0.39, 0.29) is 0 Å². The first kappa shape index (κ1) is 13.0. The van der Waals surface area contributed by atoms with Gasteiger partial charge in [-0.2, -0.15) is 13.1 Å². The predicted molar refractivity (Wildman–Crippen MR) is 65.2 cm³/mol. The van der Waals surface area contributed by atoms with Gasteiger partial charge >= 0.3 is 0 Å². The van der Waals surface area contributed by atoms with Gasteiger partial charge in [-0.05, 0) is 18.1 Å². The van der Waals surface area contributed by atoms with Gasteiger partial charge in [-0.25, -0.2) is 0 Å². The van der Waals surface area contributed by atoms with Gasteiger partial charge < -0.3 is 5.73 Å². The van der Waals surface area contributed by atoms with E-state index in [9.17, 15) is 8.42 Å². The van der Waals surface area contributed by atoms with E-state index in [2.05, 4.69) is 9.44 Å². The van der Waals surface area contributed by atoms with Gasteiger partial charge in [0.1, 0.15) is 0 Å². The highest BCUT2D eigenvalue weighted by Gasteiger charge is 2.10. The zero-order valence-electron chi connectivity index (χ0n) is 9.23. The quantitative estimate of drug-likeness (QED) is 0.691. The minimum absolute atomic E-state index is 0.298. The summed E-state index contributed by atoms with van der Waals surface area (Å²) >= 11 is 0. The van der Waals surface area contributed by atoms with Crippen molar-refractivity contribution >= 4 is 15.9 Å². The number of hydrogen-bond donors (Lipinski definition) is 3. The van der Waals surface area contributed by atoms with Gasteiger partial charge in [0.15, 0.2) is 0 Å².